The highest BCUT2D eigenvalue weighted by Crippen LogP contribution is 2.50. The predicted molar refractivity (Wildman–Crippen MR) is 180 cm³/mol. The van der Waals surface area contributed by atoms with Gasteiger partial charge in [-0.15, -0.1) is 4.76 Å². The number of carbonyl (C=O) groups is 3. The van der Waals surface area contributed by atoms with Crippen LogP contribution in [0.2, 0.25) is 0 Å². The number of hydrogen-bond donors (Lipinski definition) is 1. The topological polar surface area (TPSA) is 175 Å². The van der Waals surface area contributed by atoms with Crippen LogP contribution in [0.4, 0.5) is 9.59 Å². The molecule has 0 aliphatic heterocycles. The standard InChI is InChI=1S/C32H62N3O11P/c1-5-8-10-12-14-16-22-41-31(37)43-24-18-20-26-45-47(39,34-30(33)35(4)28-29(36)40-7-3)46-27-21-19-25-44-32(38)42-23-17-15-13-11-9-6-2/h5-28H2,1-4H3,(H2,33,34,39). The number of hydrogen-bond acceptors (Lipinski definition) is 11. The van der Waals surface area contributed by atoms with Crippen LogP contribution in [0.25, 0.3) is 0 Å². The number of ether oxygens (including phenoxy) is 5. The lowest BCUT2D eigenvalue weighted by molar-refractivity contribution is -0.143. The number of nitrogens with two attached hydrogens (primary N) is 1. The van der Waals surface area contributed by atoms with Crippen molar-refractivity contribution in [3.63, 3.8) is 0 Å². The highest BCUT2D eigenvalue weighted by molar-refractivity contribution is 7.52. The van der Waals surface area contributed by atoms with Crippen LogP contribution >= 0.6 is 7.75 Å². The molecule has 276 valence electrons. The molecule has 0 saturated heterocycles. The van der Waals surface area contributed by atoms with Gasteiger partial charge in [0.2, 0.25) is 5.96 Å². The van der Waals surface area contributed by atoms with Crippen molar-refractivity contribution in [1.82, 2.24) is 4.90 Å². The van der Waals surface area contributed by atoms with Gasteiger partial charge in [-0.05, 0) is 45.4 Å². The first kappa shape index (κ1) is 44.4. The Labute approximate surface area is 282 Å². The Morgan fingerprint density at radius 2 is 0.936 bits per heavy atom. The molecule has 14 nitrogen and oxygen atoms in total. The van der Waals surface area contributed by atoms with Crippen molar-refractivity contribution in [1.29, 1.82) is 0 Å². The van der Waals surface area contributed by atoms with E-state index in [0.29, 0.717) is 38.9 Å². The lowest BCUT2D eigenvalue weighted by atomic mass is 10.1. The lowest BCUT2D eigenvalue weighted by Gasteiger charge is -2.20. The number of esters is 1. The molecule has 0 heterocycles. The second-order valence-electron chi connectivity index (χ2n) is 11.1. The second-order valence-corrected chi connectivity index (χ2v) is 12.8. The Bertz CT molecular complexity index is 846. The molecule has 0 fully saturated rings. The molecule has 0 radical (unpaired) electrons. The van der Waals surface area contributed by atoms with Crippen LogP contribution in [0, 0.1) is 0 Å². The second kappa shape index (κ2) is 30.7. The van der Waals surface area contributed by atoms with E-state index in [1.165, 1.54) is 50.5 Å². The molecule has 2 N–H and O–H groups in total. The molecule has 0 spiro atoms. The van der Waals surface area contributed by atoms with Crippen molar-refractivity contribution in [2.45, 2.75) is 124 Å². The zero-order valence-corrected chi connectivity index (χ0v) is 30.3. The lowest BCUT2D eigenvalue weighted by Crippen LogP contribution is -2.38. The number of rotatable bonds is 30. The molecule has 0 amide bonds. The van der Waals surface area contributed by atoms with Gasteiger partial charge in [-0.3, -0.25) is 13.8 Å². The van der Waals surface area contributed by atoms with Crippen LogP contribution in [0.3, 0.4) is 0 Å². The quantitative estimate of drug-likeness (QED) is 0.0195. The molecular formula is C32H62N3O11P. The van der Waals surface area contributed by atoms with E-state index in [1.807, 2.05) is 0 Å². The fraction of sp³-hybridized carbons (Fsp3) is 0.875. The average molecular weight is 696 g/mol. The molecule has 0 aliphatic carbocycles. The average Bonchev–Trinajstić information content (AvgIpc) is 3.03. The van der Waals surface area contributed by atoms with Crippen LogP contribution in [-0.2, 0) is 42.1 Å². The van der Waals surface area contributed by atoms with Gasteiger partial charge in [0, 0.05) is 7.05 Å². The summed E-state index contributed by atoms with van der Waals surface area (Å²) in [6.07, 6.45) is 13.3. The van der Waals surface area contributed by atoms with Crippen molar-refractivity contribution < 1.29 is 51.7 Å². The molecule has 0 rings (SSSR count). The van der Waals surface area contributed by atoms with Gasteiger partial charge < -0.3 is 34.3 Å². The minimum Gasteiger partial charge on any atom is -0.465 e. The highest BCUT2D eigenvalue weighted by atomic mass is 31.2. The number of likely N-dealkylation sites (N-methyl/N-ethyl adjacent to an activating group) is 1. The Hall–Kier alpha value is -2.57. The van der Waals surface area contributed by atoms with Crippen LogP contribution in [-0.4, -0.2) is 89.0 Å². The van der Waals surface area contributed by atoms with Crippen LogP contribution in [0.5, 0.6) is 0 Å². The largest absolute Gasteiger partial charge is 0.508 e. The molecule has 15 heteroatoms. The summed E-state index contributed by atoms with van der Waals surface area (Å²) in [5.41, 5.74) is 5.97. The molecule has 0 atom stereocenters. The molecule has 0 saturated carbocycles. The maximum atomic E-state index is 13.4. The van der Waals surface area contributed by atoms with Crippen molar-refractivity contribution in [3.05, 3.63) is 0 Å². The summed E-state index contributed by atoms with van der Waals surface area (Å²) in [6, 6.07) is 0. The van der Waals surface area contributed by atoms with Crippen molar-refractivity contribution in [2.24, 2.45) is 10.5 Å². The van der Waals surface area contributed by atoms with E-state index in [1.54, 1.807) is 6.92 Å². The Morgan fingerprint density at radius 3 is 1.34 bits per heavy atom. The summed E-state index contributed by atoms with van der Waals surface area (Å²) in [5.74, 6) is -0.755. The van der Waals surface area contributed by atoms with Crippen molar-refractivity contribution >= 4 is 32.0 Å². The Balaban J connectivity index is 4.55. The molecular weight excluding hydrogens is 633 g/mol. The number of unbranched alkanes of at least 4 members (excludes halogenated alkanes) is 12. The Kier molecular flexibility index (Phi) is 29.1. The fourth-order valence-corrected chi connectivity index (χ4v) is 5.33. The van der Waals surface area contributed by atoms with Gasteiger partial charge in [-0.25, -0.2) is 14.2 Å². The maximum absolute atomic E-state index is 13.4. The third kappa shape index (κ3) is 28.2. The first-order valence-electron chi connectivity index (χ1n) is 17.4. The van der Waals surface area contributed by atoms with Crippen molar-refractivity contribution in [3.8, 4) is 0 Å². The molecule has 0 aliphatic rings. The monoisotopic (exact) mass is 695 g/mol. The zero-order chi connectivity index (χ0) is 35.0. The van der Waals surface area contributed by atoms with Gasteiger partial charge in [-0.1, -0.05) is 78.1 Å². The molecule has 0 aromatic heterocycles. The first-order chi connectivity index (χ1) is 22.7. The van der Waals surface area contributed by atoms with Gasteiger partial charge in [-0.2, -0.15) is 0 Å². The molecule has 47 heavy (non-hydrogen) atoms. The van der Waals surface area contributed by atoms with Crippen LogP contribution in [0.15, 0.2) is 4.76 Å². The number of nitrogens with zero attached hydrogens (tertiary/aromatic N) is 2. The maximum Gasteiger partial charge on any atom is 0.508 e. The van der Waals surface area contributed by atoms with E-state index in [2.05, 4.69) is 18.6 Å². The van der Waals surface area contributed by atoms with Gasteiger partial charge in [0.1, 0.15) is 6.54 Å². The number of carbonyl (C=O) groups excluding carboxylic acids is 3. The van der Waals surface area contributed by atoms with Gasteiger partial charge in [0.25, 0.3) is 0 Å². The van der Waals surface area contributed by atoms with E-state index in [9.17, 15) is 18.9 Å². The first-order valence-corrected chi connectivity index (χ1v) is 18.9. The third-order valence-corrected chi connectivity index (χ3v) is 8.22. The van der Waals surface area contributed by atoms with Crippen LogP contribution < -0.4 is 5.73 Å². The summed E-state index contributed by atoms with van der Waals surface area (Å²) in [5, 5.41) is 0. The fourth-order valence-electron chi connectivity index (χ4n) is 4.02. The van der Waals surface area contributed by atoms with Gasteiger partial charge in [0.05, 0.1) is 46.2 Å². The van der Waals surface area contributed by atoms with E-state index in [4.69, 9.17) is 38.5 Å². The molecule has 0 bridgehead atoms. The van der Waals surface area contributed by atoms with Gasteiger partial charge in [0.15, 0.2) is 0 Å². The van der Waals surface area contributed by atoms with E-state index < -0.39 is 26.0 Å². The normalized spacial score (nSPS) is 11.6. The minimum absolute atomic E-state index is 0.0145. The summed E-state index contributed by atoms with van der Waals surface area (Å²) in [6.45, 7) is 6.85. The van der Waals surface area contributed by atoms with Crippen LogP contribution in [0.1, 0.15) is 124 Å². The van der Waals surface area contributed by atoms with E-state index >= 15 is 0 Å². The summed E-state index contributed by atoms with van der Waals surface area (Å²) in [7, 11) is -2.59. The Morgan fingerprint density at radius 1 is 0.574 bits per heavy atom. The predicted octanol–water partition coefficient (Wildman–Crippen LogP) is 7.53. The molecule has 0 aromatic rings. The third-order valence-electron chi connectivity index (χ3n) is 6.75. The van der Waals surface area contributed by atoms with E-state index in [0.717, 1.165) is 38.5 Å². The summed E-state index contributed by atoms with van der Waals surface area (Å²) >= 11 is 0. The molecule has 0 unspecified atom stereocenters. The van der Waals surface area contributed by atoms with E-state index in [-0.39, 0.29) is 45.5 Å². The zero-order valence-electron chi connectivity index (χ0n) is 29.4. The van der Waals surface area contributed by atoms with Gasteiger partial charge >= 0.3 is 26.0 Å². The number of guanidine groups is 1. The smallest absolute Gasteiger partial charge is 0.465 e. The minimum atomic E-state index is -4.08. The van der Waals surface area contributed by atoms with Crippen molar-refractivity contribution in [2.75, 3.05) is 59.8 Å². The molecule has 0 aromatic carbocycles. The summed E-state index contributed by atoms with van der Waals surface area (Å²) < 4.78 is 53.6. The summed E-state index contributed by atoms with van der Waals surface area (Å²) in [4.78, 5) is 36.6. The highest BCUT2D eigenvalue weighted by Gasteiger charge is 2.26. The SMILES string of the molecule is CCCCCCCCOC(=O)OCCCCOP(=O)(/N=C(\N)N(C)CC(=O)OCC)OCCCCOC(=O)OCCCCCCCC.